The van der Waals surface area contributed by atoms with E-state index in [9.17, 15) is 9.59 Å². The first-order valence-electron chi connectivity index (χ1n) is 4.58. The van der Waals surface area contributed by atoms with Crippen molar-refractivity contribution in [2.45, 2.75) is 0 Å². The molecule has 0 fully saturated rings. The Morgan fingerprint density at radius 1 is 1.12 bits per heavy atom. The lowest BCUT2D eigenvalue weighted by atomic mass is 10.1. The summed E-state index contributed by atoms with van der Waals surface area (Å²) in [6, 6.07) is 6.71. The van der Waals surface area contributed by atoms with Gasteiger partial charge in [-0.15, -0.1) is 0 Å². The quantitative estimate of drug-likeness (QED) is 0.803. The molecule has 5 nitrogen and oxygen atoms in total. The molecular formula is C11H9NO4. The van der Waals surface area contributed by atoms with Crippen LogP contribution >= 0.6 is 0 Å². The number of rotatable bonds is 2. The minimum Gasteiger partial charge on any atom is -0.478 e. The standard InChI is InChI=1S/C11H9NO4/c1-12-7-5-3-2-4-6(7)8(10(13)14)9(12)11(15)16/h2-5H,1H3,(H,13,14)(H,15,16). The number of carboxylic acids is 2. The van der Waals surface area contributed by atoms with E-state index in [-0.39, 0.29) is 11.3 Å². The van der Waals surface area contributed by atoms with Gasteiger partial charge in [-0.3, -0.25) is 0 Å². The molecule has 2 aromatic rings. The van der Waals surface area contributed by atoms with E-state index in [0.29, 0.717) is 10.9 Å². The van der Waals surface area contributed by atoms with Gasteiger partial charge >= 0.3 is 11.9 Å². The van der Waals surface area contributed by atoms with Gasteiger partial charge in [0.25, 0.3) is 0 Å². The van der Waals surface area contributed by atoms with Crippen LogP contribution in [0.2, 0.25) is 0 Å². The fraction of sp³-hybridized carbons (Fsp3) is 0.0909. The largest absolute Gasteiger partial charge is 0.478 e. The molecule has 0 atom stereocenters. The number of nitrogens with zero attached hydrogens (tertiary/aromatic N) is 1. The summed E-state index contributed by atoms with van der Waals surface area (Å²) >= 11 is 0. The molecule has 0 aliphatic carbocycles. The molecule has 0 aliphatic rings. The van der Waals surface area contributed by atoms with E-state index in [1.165, 1.54) is 11.6 Å². The maximum Gasteiger partial charge on any atom is 0.353 e. The Kier molecular flexibility index (Phi) is 2.16. The lowest BCUT2D eigenvalue weighted by Gasteiger charge is -1.98. The zero-order chi connectivity index (χ0) is 11.9. The van der Waals surface area contributed by atoms with E-state index >= 15 is 0 Å². The average molecular weight is 219 g/mol. The number of aryl methyl sites for hydroxylation is 1. The van der Waals surface area contributed by atoms with E-state index in [2.05, 4.69) is 0 Å². The summed E-state index contributed by atoms with van der Waals surface area (Å²) in [5, 5.41) is 18.5. The Balaban J connectivity index is 2.97. The van der Waals surface area contributed by atoms with Crippen molar-refractivity contribution < 1.29 is 19.8 Å². The second kappa shape index (κ2) is 3.37. The van der Waals surface area contributed by atoms with Crippen LogP contribution in [0.5, 0.6) is 0 Å². The average Bonchev–Trinajstić information content (AvgIpc) is 2.53. The number of fused-ring (bicyclic) bond motifs is 1. The van der Waals surface area contributed by atoms with Crippen LogP contribution in [0.1, 0.15) is 20.8 Å². The summed E-state index contributed by atoms with van der Waals surface area (Å²) in [4.78, 5) is 22.1. The van der Waals surface area contributed by atoms with Crippen molar-refractivity contribution in [1.29, 1.82) is 0 Å². The Morgan fingerprint density at radius 3 is 2.31 bits per heavy atom. The van der Waals surface area contributed by atoms with E-state index in [1.807, 2.05) is 0 Å². The van der Waals surface area contributed by atoms with Crippen LogP contribution in [0.3, 0.4) is 0 Å². The number of hydrogen-bond acceptors (Lipinski definition) is 2. The molecular weight excluding hydrogens is 210 g/mol. The molecule has 0 spiro atoms. The van der Waals surface area contributed by atoms with Crippen molar-refractivity contribution >= 4 is 22.8 Å². The molecule has 0 radical (unpaired) electrons. The molecule has 0 saturated carbocycles. The topological polar surface area (TPSA) is 79.5 Å². The Labute approximate surface area is 90.5 Å². The predicted octanol–water partition coefficient (Wildman–Crippen LogP) is 1.57. The maximum absolute atomic E-state index is 11.1. The lowest BCUT2D eigenvalue weighted by molar-refractivity contribution is 0.0646. The Morgan fingerprint density at radius 2 is 1.75 bits per heavy atom. The molecule has 1 heterocycles. The lowest BCUT2D eigenvalue weighted by Crippen LogP contribution is -2.10. The van der Waals surface area contributed by atoms with Crippen LogP contribution in [0.15, 0.2) is 24.3 Å². The van der Waals surface area contributed by atoms with E-state index in [1.54, 1.807) is 24.3 Å². The fourth-order valence-corrected chi connectivity index (χ4v) is 1.86. The van der Waals surface area contributed by atoms with Crippen LogP contribution < -0.4 is 0 Å². The van der Waals surface area contributed by atoms with Crippen LogP contribution in [0.25, 0.3) is 10.9 Å². The number of carboxylic acid groups (broad SMARTS) is 2. The molecule has 5 heteroatoms. The van der Waals surface area contributed by atoms with Gasteiger partial charge in [-0.1, -0.05) is 18.2 Å². The monoisotopic (exact) mass is 219 g/mol. The van der Waals surface area contributed by atoms with Crippen molar-refractivity contribution in [2.24, 2.45) is 7.05 Å². The van der Waals surface area contributed by atoms with Crippen molar-refractivity contribution in [3.8, 4) is 0 Å². The summed E-state index contributed by atoms with van der Waals surface area (Å²) in [7, 11) is 1.54. The minimum absolute atomic E-state index is 0.161. The van der Waals surface area contributed by atoms with Crippen LogP contribution in [-0.2, 0) is 7.05 Å². The number of para-hydroxylation sites is 1. The van der Waals surface area contributed by atoms with Crippen molar-refractivity contribution in [2.75, 3.05) is 0 Å². The molecule has 0 bridgehead atoms. The number of aromatic nitrogens is 1. The van der Waals surface area contributed by atoms with E-state index < -0.39 is 11.9 Å². The summed E-state index contributed by atoms with van der Waals surface area (Å²) < 4.78 is 1.38. The van der Waals surface area contributed by atoms with Crippen molar-refractivity contribution in [1.82, 2.24) is 4.57 Å². The number of hydrogen-bond donors (Lipinski definition) is 2. The summed E-state index contributed by atoms with van der Waals surface area (Å²) in [5.74, 6) is -2.47. The van der Waals surface area contributed by atoms with Crippen LogP contribution in [-0.4, -0.2) is 26.7 Å². The SMILES string of the molecule is Cn1c(C(=O)O)c(C(=O)O)c2ccccc21. The van der Waals surface area contributed by atoms with Gasteiger partial charge < -0.3 is 14.8 Å². The molecule has 0 aliphatic heterocycles. The predicted molar refractivity (Wildman–Crippen MR) is 56.8 cm³/mol. The second-order valence-electron chi connectivity index (χ2n) is 3.41. The Hall–Kier alpha value is -2.30. The first-order chi connectivity index (χ1) is 7.54. The molecule has 2 rings (SSSR count). The highest BCUT2D eigenvalue weighted by molar-refractivity contribution is 6.12. The third-order valence-electron chi connectivity index (χ3n) is 2.52. The van der Waals surface area contributed by atoms with Crippen LogP contribution in [0, 0.1) is 0 Å². The molecule has 1 aromatic heterocycles. The summed E-state index contributed by atoms with van der Waals surface area (Å²) in [6.07, 6.45) is 0. The number of aromatic carboxylic acids is 2. The zero-order valence-corrected chi connectivity index (χ0v) is 8.47. The zero-order valence-electron chi connectivity index (χ0n) is 8.47. The van der Waals surface area contributed by atoms with Gasteiger partial charge in [0.15, 0.2) is 0 Å². The van der Waals surface area contributed by atoms with Gasteiger partial charge in [-0.05, 0) is 6.07 Å². The highest BCUT2D eigenvalue weighted by Gasteiger charge is 2.24. The van der Waals surface area contributed by atoms with Gasteiger partial charge in [0.1, 0.15) is 5.69 Å². The molecule has 2 N–H and O–H groups in total. The minimum atomic E-state index is -1.24. The van der Waals surface area contributed by atoms with Gasteiger partial charge in [0.05, 0.1) is 5.56 Å². The molecule has 0 unspecified atom stereocenters. The molecule has 1 aromatic carbocycles. The van der Waals surface area contributed by atoms with Gasteiger partial charge in [-0.2, -0.15) is 0 Å². The molecule has 16 heavy (non-hydrogen) atoms. The summed E-state index contributed by atoms with van der Waals surface area (Å²) in [5.41, 5.74) is 0.233. The van der Waals surface area contributed by atoms with Gasteiger partial charge in [0.2, 0.25) is 0 Å². The first-order valence-corrected chi connectivity index (χ1v) is 4.58. The van der Waals surface area contributed by atoms with Crippen molar-refractivity contribution in [3.63, 3.8) is 0 Å². The third-order valence-corrected chi connectivity index (χ3v) is 2.52. The molecule has 0 saturated heterocycles. The molecule has 0 amide bonds. The fourth-order valence-electron chi connectivity index (χ4n) is 1.86. The highest BCUT2D eigenvalue weighted by atomic mass is 16.4. The highest BCUT2D eigenvalue weighted by Crippen LogP contribution is 2.25. The number of benzene rings is 1. The number of carbonyl (C=O) groups is 2. The van der Waals surface area contributed by atoms with Crippen molar-refractivity contribution in [3.05, 3.63) is 35.5 Å². The normalized spacial score (nSPS) is 10.6. The van der Waals surface area contributed by atoms with Gasteiger partial charge in [-0.25, -0.2) is 9.59 Å². The third kappa shape index (κ3) is 1.25. The second-order valence-corrected chi connectivity index (χ2v) is 3.41. The van der Waals surface area contributed by atoms with E-state index in [4.69, 9.17) is 10.2 Å². The molecule has 82 valence electrons. The smallest absolute Gasteiger partial charge is 0.353 e. The maximum atomic E-state index is 11.1. The van der Waals surface area contributed by atoms with Gasteiger partial charge in [0, 0.05) is 18.0 Å². The van der Waals surface area contributed by atoms with E-state index in [0.717, 1.165) is 0 Å². The summed E-state index contributed by atoms with van der Waals surface area (Å²) in [6.45, 7) is 0. The first kappa shape index (κ1) is 10.2. The Bertz CT molecular complexity index is 597. The van der Waals surface area contributed by atoms with Crippen LogP contribution in [0.4, 0.5) is 0 Å².